The first-order chi connectivity index (χ1) is 7.20. The number of H-pyrrole nitrogens is 1. The molecule has 0 aliphatic rings. The number of nitrogens with one attached hydrogen (secondary N) is 2. The summed E-state index contributed by atoms with van der Waals surface area (Å²) in [7, 11) is 0. The number of carbonyl (C=O) groups excluding carboxylic acids is 1. The zero-order chi connectivity index (χ0) is 11.1. The molecule has 0 unspecified atom stereocenters. The first-order valence-electron chi connectivity index (χ1n) is 5.09. The summed E-state index contributed by atoms with van der Waals surface area (Å²) in [6.45, 7) is 5.26. The van der Waals surface area contributed by atoms with Gasteiger partial charge in [0.25, 0.3) is 5.91 Å². The van der Waals surface area contributed by atoms with E-state index in [1.807, 2.05) is 13.8 Å². The summed E-state index contributed by atoms with van der Waals surface area (Å²) in [6.07, 6.45) is 2.61. The third-order valence-electron chi connectivity index (χ3n) is 1.80. The zero-order valence-electron chi connectivity index (χ0n) is 9.12. The van der Waals surface area contributed by atoms with Gasteiger partial charge in [-0.3, -0.25) is 9.89 Å². The first kappa shape index (κ1) is 11.7. The van der Waals surface area contributed by atoms with Crippen molar-refractivity contribution in [2.45, 2.75) is 26.4 Å². The molecule has 1 aromatic heterocycles. The molecule has 0 atom stereocenters. The Morgan fingerprint density at radius 1 is 1.67 bits per heavy atom. The van der Waals surface area contributed by atoms with E-state index in [0.29, 0.717) is 18.8 Å². The van der Waals surface area contributed by atoms with Gasteiger partial charge in [-0.05, 0) is 26.3 Å². The van der Waals surface area contributed by atoms with Gasteiger partial charge in [-0.2, -0.15) is 5.10 Å². The van der Waals surface area contributed by atoms with Gasteiger partial charge in [0.1, 0.15) is 5.69 Å². The molecule has 15 heavy (non-hydrogen) atoms. The Kier molecular flexibility index (Phi) is 4.83. The minimum absolute atomic E-state index is 0.128. The van der Waals surface area contributed by atoms with Crippen LogP contribution in [0.4, 0.5) is 0 Å². The quantitative estimate of drug-likeness (QED) is 0.688. The molecule has 1 heterocycles. The second-order valence-electron chi connectivity index (χ2n) is 3.50. The Hall–Kier alpha value is -1.36. The highest BCUT2D eigenvalue weighted by Gasteiger charge is 2.04. The van der Waals surface area contributed by atoms with Crippen LogP contribution in [0, 0.1) is 0 Å². The number of aromatic nitrogens is 2. The molecule has 1 rings (SSSR count). The summed E-state index contributed by atoms with van der Waals surface area (Å²) in [4.78, 5) is 11.4. The van der Waals surface area contributed by atoms with Crippen LogP contribution in [0.2, 0.25) is 0 Å². The Morgan fingerprint density at radius 2 is 2.47 bits per heavy atom. The van der Waals surface area contributed by atoms with E-state index in [4.69, 9.17) is 4.74 Å². The molecule has 2 N–H and O–H groups in total. The van der Waals surface area contributed by atoms with E-state index >= 15 is 0 Å². The second kappa shape index (κ2) is 6.19. The highest BCUT2D eigenvalue weighted by atomic mass is 16.5. The molecule has 0 aliphatic heterocycles. The third kappa shape index (κ3) is 4.60. The minimum Gasteiger partial charge on any atom is -0.379 e. The topological polar surface area (TPSA) is 67.0 Å². The van der Waals surface area contributed by atoms with Crippen LogP contribution >= 0.6 is 0 Å². The number of aromatic amines is 1. The molecule has 1 aromatic rings. The van der Waals surface area contributed by atoms with Gasteiger partial charge in [0.15, 0.2) is 0 Å². The molecular weight excluding hydrogens is 194 g/mol. The van der Waals surface area contributed by atoms with Crippen LogP contribution in [0.3, 0.4) is 0 Å². The van der Waals surface area contributed by atoms with E-state index in [1.165, 1.54) is 0 Å². The summed E-state index contributed by atoms with van der Waals surface area (Å²) in [5, 5.41) is 9.07. The molecule has 0 fully saturated rings. The van der Waals surface area contributed by atoms with Gasteiger partial charge in [-0.15, -0.1) is 0 Å². The van der Waals surface area contributed by atoms with Crippen molar-refractivity contribution in [2.24, 2.45) is 0 Å². The van der Waals surface area contributed by atoms with Crippen molar-refractivity contribution in [1.29, 1.82) is 0 Å². The van der Waals surface area contributed by atoms with E-state index in [1.54, 1.807) is 12.3 Å². The van der Waals surface area contributed by atoms with E-state index in [2.05, 4.69) is 15.5 Å². The molecule has 0 saturated carbocycles. The summed E-state index contributed by atoms with van der Waals surface area (Å²) in [5.74, 6) is -0.128. The van der Waals surface area contributed by atoms with Crippen LogP contribution in [0.15, 0.2) is 12.3 Å². The fourth-order valence-electron chi connectivity index (χ4n) is 1.07. The molecule has 0 saturated heterocycles. The zero-order valence-corrected chi connectivity index (χ0v) is 9.12. The molecule has 0 aliphatic carbocycles. The van der Waals surface area contributed by atoms with Crippen LogP contribution < -0.4 is 5.32 Å². The van der Waals surface area contributed by atoms with Crippen LogP contribution in [0.5, 0.6) is 0 Å². The Labute approximate surface area is 89.2 Å². The minimum atomic E-state index is -0.128. The lowest BCUT2D eigenvalue weighted by molar-refractivity contribution is 0.0756. The first-order valence-corrected chi connectivity index (χ1v) is 5.09. The van der Waals surface area contributed by atoms with Crippen molar-refractivity contribution in [3.05, 3.63) is 18.0 Å². The lowest BCUT2D eigenvalue weighted by atomic mass is 10.4. The standard InChI is InChI=1S/C10H17N3O2/c1-8(2)15-7-3-5-11-10(14)9-4-6-12-13-9/h4,6,8H,3,5,7H2,1-2H3,(H,11,14)(H,12,13). The van der Waals surface area contributed by atoms with Gasteiger partial charge in [0.2, 0.25) is 0 Å². The lowest BCUT2D eigenvalue weighted by Gasteiger charge is -2.07. The van der Waals surface area contributed by atoms with Crippen LogP contribution in [0.25, 0.3) is 0 Å². The van der Waals surface area contributed by atoms with Crippen molar-refractivity contribution < 1.29 is 9.53 Å². The van der Waals surface area contributed by atoms with E-state index in [9.17, 15) is 4.79 Å². The molecular formula is C10H17N3O2. The maximum absolute atomic E-state index is 11.4. The van der Waals surface area contributed by atoms with Crippen molar-refractivity contribution in [3.8, 4) is 0 Å². The van der Waals surface area contributed by atoms with Crippen molar-refractivity contribution in [2.75, 3.05) is 13.2 Å². The van der Waals surface area contributed by atoms with Crippen LogP contribution in [-0.4, -0.2) is 35.4 Å². The lowest BCUT2D eigenvalue weighted by Crippen LogP contribution is -2.25. The van der Waals surface area contributed by atoms with Gasteiger partial charge in [0.05, 0.1) is 6.10 Å². The molecule has 84 valence electrons. The second-order valence-corrected chi connectivity index (χ2v) is 3.50. The number of hydrogen-bond acceptors (Lipinski definition) is 3. The number of nitrogens with zero attached hydrogens (tertiary/aromatic N) is 1. The summed E-state index contributed by atoms with van der Waals surface area (Å²) >= 11 is 0. The molecule has 1 amide bonds. The van der Waals surface area contributed by atoms with Crippen molar-refractivity contribution >= 4 is 5.91 Å². The summed E-state index contributed by atoms with van der Waals surface area (Å²) in [6, 6.07) is 1.64. The maximum atomic E-state index is 11.4. The average Bonchev–Trinajstić information content (AvgIpc) is 2.69. The van der Waals surface area contributed by atoms with Crippen molar-refractivity contribution in [3.63, 3.8) is 0 Å². The SMILES string of the molecule is CC(C)OCCCNC(=O)c1ccn[nH]1. The number of hydrogen-bond donors (Lipinski definition) is 2. The van der Waals surface area contributed by atoms with Gasteiger partial charge < -0.3 is 10.1 Å². The smallest absolute Gasteiger partial charge is 0.269 e. The van der Waals surface area contributed by atoms with Gasteiger partial charge in [-0.1, -0.05) is 0 Å². The number of carbonyl (C=O) groups is 1. The van der Waals surface area contributed by atoms with Gasteiger partial charge in [0, 0.05) is 19.3 Å². The highest BCUT2D eigenvalue weighted by molar-refractivity contribution is 5.91. The molecule has 0 radical (unpaired) electrons. The van der Waals surface area contributed by atoms with Crippen LogP contribution in [0.1, 0.15) is 30.8 Å². The fraction of sp³-hybridized carbons (Fsp3) is 0.600. The van der Waals surface area contributed by atoms with Gasteiger partial charge in [-0.25, -0.2) is 0 Å². The van der Waals surface area contributed by atoms with E-state index < -0.39 is 0 Å². The number of amides is 1. The molecule has 5 nitrogen and oxygen atoms in total. The number of ether oxygens (including phenoxy) is 1. The van der Waals surface area contributed by atoms with Crippen molar-refractivity contribution in [1.82, 2.24) is 15.5 Å². The van der Waals surface area contributed by atoms with E-state index in [0.717, 1.165) is 6.42 Å². The highest BCUT2D eigenvalue weighted by Crippen LogP contribution is 1.92. The van der Waals surface area contributed by atoms with E-state index in [-0.39, 0.29) is 12.0 Å². The summed E-state index contributed by atoms with van der Waals surface area (Å²) < 4.78 is 5.34. The molecule has 0 aromatic carbocycles. The molecule has 0 bridgehead atoms. The molecule has 5 heteroatoms. The third-order valence-corrected chi connectivity index (χ3v) is 1.80. The Balaban J connectivity index is 2.08. The van der Waals surface area contributed by atoms with Gasteiger partial charge >= 0.3 is 0 Å². The average molecular weight is 211 g/mol. The van der Waals surface area contributed by atoms with Crippen LogP contribution in [-0.2, 0) is 4.74 Å². The predicted molar refractivity (Wildman–Crippen MR) is 56.6 cm³/mol. The predicted octanol–water partition coefficient (Wildman–Crippen LogP) is 0.955. The Morgan fingerprint density at radius 3 is 3.07 bits per heavy atom. The Bertz CT molecular complexity index is 283. The normalized spacial score (nSPS) is 10.6. The largest absolute Gasteiger partial charge is 0.379 e. The maximum Gasteiger partial charge on any atom is 0.269 e. The summed E-state index contributed by atoms with van der Waals surface area (Å²) in [5.41, 5.74) is 0.486. The fourth-order valence-corrected chi connectivity index (χ4v) is 1.07. The molecule has 0 spiro atoms. The number of rotatable bonds is 6. The monoisotopic (exact) mass is 211 g/mol.